The van der Waals surface area contributed by atoms with Crippen LogP contribution in [-0.2, 0) is 9.53 Å². The Morgan fingerprint density at radius 1 is 1.26 bits per heavy atom. The Bertz CT molecular complexity index is 475. The zero-order valence-electron chi connectivity index (χ0n) is 11.3. The second-order valence-corrected chi connectivity index (χ2v) is 4.30. The number of hydrogen-bond donors (Lipinski definition) is 1. The van der Waals surface area contributed by atoms with Gasteiger partial charge in [0.05, 0.1) is 12.2 Å². The van der Waals surface area contributed by atoms with E-state index < -0.39 is 5.91 Å². The Morgan fingerprint density at radius 3 is 2.42 bits per heavy atom. The SMILES string of the molecule is CCCCOC(=O)c1ccc(C=C(C)C(N)=O)cc1. The first-order valence-corrected chi connectivity index (χ1v) is 6.30. The molecule has 4 heteroatoms. The Kier molecular flexibility index (Phi) is 5.79. The second-order valence-electron chi connectivity index (χ2n) is 4.30. The number of unbranched alkanes of at least 4 members (excludes halogenated alkanes) is 1. The number of benzene rings is 1. The van der Waals surface area contributed by atoms with Crippen LogP contribution < -0.4 is 5.73 Å². The molecule has 0 aliphatic rings. The van der Waals surface area contributed by atoms with Gasteiger partial charge >= 0.3 is 5.97 Å². The zero-order chi connectivity index (χ0) is 14.3. The van der Waals surface area contributed by atoms with Crippen LogP contribution in [0.2, 0.25) is 0 Å². The number of esters is 1. The highest BCUT2D eigenvalue weighted by Gasteiger charge is 2.06. The van der Waals surface area contributed by atoms with Gasteiger partial charge < -0.3 is 10.5 Å². The van der Waals surface area contributed by atoms with Crippen LogP contribution in [-0.4, -0.2) is 18.5 Å². The van der Waals surface area contributed by atoms with Crippen LogP contribution >= 0.6 is 0 Å². The fraction of sp³-hybridized carbons (Fsp3) is 0.333. The van der Waals surface area contributed by atoms with Crippen molar-refractivity contribution in [1.82, 2.24) is 0 Å². The molecule has 0 saturated heterocycles. The van der Waals surface area contributed by atoms with Gasteiger partial charge in [0.15, 0.2) is 0 Å². The lowest BCUT2D eigenvalue weighted by Gasteiger charge is -2.04. The Labute approximate surface area is 113 Å². The van der Waals surface area contributed by atoms with E-state index >= 15 is 0 Å². The topological polar surface area (TPSA) is 69.4 Å². The monoisotopic (exact) mass is 261 g/mol. The maximum absolute atomic E-state index is 11.6. The van der Waals surface area contributed by atoms with Crippen molar-refractivity contribution in [1.29, 1.82) is 0 Å². The van der Waals surface area contributed by atoms with E-state index in [-0.39, 0.29) is 5.97 Å². The highest BCUT2D eigenvalue weighted by molar-refractivity contribution is 5.96. The Balaban J connectivity index is 2.68. The van der Waals surface area contributed by atoms with Crippen LogP contribution in [0.3, 0.4) is 0 Å². The van der Waals surface area contributed by atoms with E-state index in [0.717, 1.165) is 18.4 Å². The summed E-state index contributed by atoms with van der Waals surface area (Å²) in [5.74, 6) is -0.779. The summed E-state index contributed by atoms with van der Waals surface area (Å²) >= 11 is 0. The fourth-order valence-electron chi connectivity index (χ4n) is 1.43. The number of ether oxygens (including phenoxy) is 1. The first kappa shape index (κ1) is 15.0. The predicted molar refractivity (Wildman–Crippen MR) is 74.5 cm³/mol. The summed E-state index contributed by atoms with van der Waals surface area (Å²) in [7, 11) is 0. The normalized spacial score (nSPS) is 11.2. The Hall–Kier alpha value is -2.10. The van der Waals surface area contributed by atoms with E-state index in [1.807, 2.05) is 6.92 Å². The van der Waals surface area contributed by atoms with Crippen LogP contribution in [0.25, 0.3) is 6.08 Å². The number of carbonyl (C=O) groups is 2. The summed E-state index contributed by atoms with van der Waals surface area (Å²) in [4.78, 5) is 22.6. The third-order valence-electron chi connectivity index (χ3n) is 2.65. The van der Waals surface area contributed by atoms with Gasteiger partial charge in [0.1, 0.15) is 0 Å². The van der Waals surface area contributed by atoms with Crippen LogP contribution in [0.5, 0.6) is 0 Å². The predicted octanol–water partition coefficient (Wildman–Crippen LogP) is 2.53. The van der Waals surface area contributed by atoms with Gasteiger partial charge in [-0.1, -0.05) is 25.5 Å². The molecule has 4 nitrogen and oxygen atoms in total. The summed E-state index contributed by atoms with van der Waals surface area (Å²) < 4.78 is 5.10. The van der Waals surface area contributed by atoms with Crippen molar-refractivity contribution in [3.8, 4) is 0 Å². The van der Waals surface area contributed by atoms with Gasteiger partial charge in [-0.05, 0) is 37.1 Å². The van der Waals surface area contributed by atoms with Crippen molar-refractivity contribution in [3.63, 3.8) is 0 Å². The molecule has 1 aromatic carbocycles. The largest absolute Gasteiger partial charge is 0.462 e. The first-order valence-electron chi connectivity index (χ1n) is 6.30. The molecule has 0 spiro atoms. The summed E-state index contributed by atoms with van der Waals surface area (Å²) in [5, 5.41) is 0. The molecule has 0 heterocycles. The molecule has 102 valence electrons. The van der Waals surface area contributed by atoms with Crippen molar-refractivity contribution in [2.75, 3.05) is 6.61 Å². The smallest absolute Gasteiger partial charge is 0.338 e. The molecule has 0 saturated carbocycles. The molecule has 1 aromatic rings. The molecule has 0 aliphatic carbocycles. The minimum Gasteiger partial charge on any atom is -0.462 e. The van der Waals surface area contributed by atoms with Crippen LogP contribution in [0, 0.1) is 0 Å². The molecule has 1 amide bonds. The van der Waals surface area contributed by atoms with Crippen molar-refractivity contribution in [3.05, 3.63) is 41.0 Å². The number of amides is 1. The molecule has 0 radical (unpaired) electrons. The van der Waals surface area contributed by atoms with E-state index in [2.05, 4.69) is 0 Å². The summed E-state index contributed by atoms with van der Waals surface area (Å²) in [5.41, 5.74) is 6.94. The maximum Gasteiger partial charge on any atom is 0.338 e. The van der Waals surface area contributed by atoms with E-state index in [1.54, 1.807) is 37.3 Å². The number of primary amides is 1. The molecule has 0 aromatic heterocycles. The lowest BCUT2D eigenvalue weighted by atomic mass is 10.1. The molecule has 19 heavy (non-hydrogen) atoms. The zero-order valence-corrected chi connectivity index (χ0v) is 11.3. The summed E-state index contributed by atoms with van der Waals surface area (Å²) in [6.45, 7) is 4.13. The van der Waals surface area contributed by atoms with Gasteiger partial charge in [0, 0.05) is 5.57 Å². The van der Waals surface area contributed by atoms with Gasteiger partial charge in [0.2, 0.25) is 5.91 Å². The molecule has 0 unspecified atom stereocenters. The van der Waals surface area contributed by atoms with E-state index in [1.165, 1.54) is 0 Å². The van der Waals surface area contributed by atoms with Gasteiger partial charge in [-0.15, -0.1) is 0 Å². The molecule has 0 fully saturated rings. The third kappa shape index (κ3) is 4.95. The number of nitrogens with two attached hydrogens (primary N) is 1. The van der Waals surface area contributed by atoms with Crippen LogP contribution in [0.4, 0.5) is 0 Å². The average molecular weight is 261 g/mol. The van der Waals surface area contributed by atoms with Gasteiger partial charge in [-0.2, -0.15) is 0 Å². The van der Waals surface area contributed by atoms with E-state index in [0.29, 0.717) is 17.7 Å². The first-order chi connectivity index (χ1) is 9.04. The number of hydrogen-bond acceptors (Lipinski definition) is 3. The van der Waals surface area contributed by atoms with Crippen molar-refractivity contribution in [2.45, 2.75) is 26.7 Å². The molecular formula is C15H19NO3. The van der Waals surface area contributed by atoms with Gasteiger partial charge in [-0.25, -0.2) is 4.79 Å². The number of carbonyl (C=O) groups excluding carboxylic acids is 2. The fourth-order valence-corrected chi connectivity index (χ4v) is 1.43. The third-order valence-corrected chi connectivity index (χ3v) is 2.65. The number of rotatable bonds is 6. The Morgan fingerprint density at radius 2 is 1.89 bits per heavy atom. The minimum atomic E-state index is -0.456. The van der Waals surface area contributed by atoms with E-state index in [9.17, 15) is 9.59 Å². The van der Waals surface area contributed by atoms with E-state index in [4.69, 9.17) is 10.5 Å². The van der Waals surface area contributed by atoms with Crippen LogP contribution in [0.15, 0.2) is 29.8 Å². The summed E-state index contributed by atoms with van der Waals surface area (Å²) in [6, 6.07) is 6.86. The maximum atomic E-state index is 11.6. The van der Waals surface area contributed by atoms with Crippen molar-refractivity contribution in [2.24, 2.45) is 5.73 Å². The van der Waals surface area contributed by atoms with Crippen molar-refractivity contribution < 1.29 is 14.3 Å². The second kappa shape index (κ2) is 7.36. The molecule has 0 atom stereocenters. The van der Waals surface area contributed by atoms with Gasteiger partial charge in [-0.3, -0.25) is 4.79 Å². The van der Waals surface area contributed by atoms with Crippen LogP contribution in [0.1, 0.15) is 42.6 Å². The standard InChI is InChI=1S/C15H19NO3/c1-3-4-9-19-15(18)13-7-5-12(6-8-13)10-11(2)14(16)17/h5-8,10H,3-4,9H2,1-2H3,(H2,16,17). The average Bonchev–Trinajstić information content (AvgIpc) is 2.39. The highest BCUT2D eigenvalue weighted by atomic mass is 16.5. The lowest BCUT2D eigenvalue weighted by Crippen LogP contribution is -2.11. The quantitative estimate of drug-likeness (QED) is 0.486. The lowest BCUT2D eigenvalue weighted by molar-refractivity contribution is -0.114. The summed E-state index contributed by atoms with van der Waals surface area (Å²) in [6.07, 6.45) is 3.53. The highest BCUT2D eigenvalue weighted by Crippen LogP contribution is 2.10. The molecule has 0 bridgehead atoms. The molecule has 1 rings (SSSR count). The molecule has 0 aliphatic heterocycles. The minimum absolute atomic E-state index is 0.324. The van der Waals surface area contributed by atoms with Crippen molar-refractivity contribution >= 4 is 18.0 Å². The molecular weight excluding hydrogens is 242 g/mol. The molecule has 2 N–H and O–H groups in total. The van der Waals surface area contributed by atoms with Gasteiger partial charge in [0.25, 0.3) is 0 Å².